The summed E-state index contributed by atoms with van der Waals surface area (Å²) in [5.41, 5.74) is 2.92. The van der Waals surface area contributed by atoms with Gasteiger partial charge in [-0.3, -0.25) is 4.90 Å². The van der Waals surface area contributed by atoms with E-state index >= 15 is 0 Å². The fourth-order valence-electron chi connectivity index (χ4n) is 5.72. The van der Waals surface area contributed by atoms with E-state index in [4.69, 9.17) is 21.7 Å². The highest BCUT2D eigenvalue weighted by molar-refractivity contribution is 7.80. The Balaban J connectivity index is 0.00000245. The van der Waals surface area contributed by atoms with Gasteiger partial charge in [0, 0.05) is 30.6 Å². The molecule has 0 radical (unpaired) electrons. The molecule has 0 spiro atoms. The monoisotopic (exact) mass is 473 g/mol. The van der Waals surface area contributed by atoms with Crippen LogP contribution in [0.5, 0.6) is 11.5 Å². The van der Waals surface area contributed by atoms with E-state index in [1.54, 1.807) is 0 Å². The van der Waals surface area contributed by atoms with E-state index < -0.39 is 0 Å². The first kappa shape index (κ1) is 23.1. The van der Waals surface area contributed by atoms with Crippen LogP contribution in [0.4, 0.5) is 0 Å². The lowest BCUT2D eigenvalue weighted by Gasteiger charge is -2.45. The highest BCUT2D eigenvalue weighted by Gasteiger charge is 2.51. The Labute approximate surface area is 202 Å². The minimum Gasteiger partial charge on any atom is -0.454 e. The number of nitrogens with one attached hydrogen (secondary N) is 2. The first-order valence-corrected chi connectivity index (χ1v) is 11.8. The van der Waals surface area contributed by atoms with Gasteiger partial charge in [0.2, 0.25) is 6.79 Å². The van der Waals surface area contributed by atoms with Gasteiger partial charge in [-0.2, -0.15) is 0 Å². The van der Waals surface area contributed by atoms with Crippen LogP contribution >= 0.6 is 24.6 Å². The second kappa shape index (κ2) is 9.86. The molecule has 0 unspecified atom stereocenters. The average Bonchev–Trinajstić information content (AvgIpc) is 3.40. The van der Waals surface area contributed by atoms with Crippen molar-refractivity contribution in [1.82, 2.24) is 15.5 Å². The van der Waals surface area contributed by atoms with Gasteiger partial charge < -0.3 is 20.1 Å². The van der Waals surface area contributed by atoms with Gasteiger partial charge in [-0.1, -0.05) is 36.4 Å². The van der Waals surface area contributed by atoms with Gasteiger partial charge in [-0.15, -0.1) is 12.4 Å². The fourth-order valence-corrected chi connectivity index (χ4v) is 6.03. The van der Waals surface area contributed by atoms with Crippen LogP contribution < -0.4 is 20.1 Å². The summed E-state index contributed by atoms with van der Waals surface area (Å²) in [5.74, 6) is 1.75. The van der Waals surface area contributed by atoms with Gasteiger partial charge >= 0.3 is 0 Å². The molecular formula is C25H32ClN3O2S. The van der Waals surface area contributed by atoms with Gasteiger partial charge in [0.15, 0.2) is 16.6 Å². The van der Waals surface area contributed by atoms with Gasteiger partial charge in [-0.25, -0.2) is 0 Å². The molecule has 2 N–H and O–H groups in total. The summed E-state index contributed by atoms with van der Waals surface area (Å²) in [6.07, 6.45) is 4.53. The minimum absolute atomic E-state index is 0. The molecule has 172 valence electrons. The number of hydrogen-bond donors (Lipinski definition) is 2. The van der Waals surface area contributed by atoms with E-state index in [0.29, 0.717) is 18.9 Å². The molecule has 0 aromatic heterocycles. The molecule has 2 aliphatic heterocycles. The van der Waals surface area contributed by atoms with Crippen molar-refractivity contribution in [2.45, 2.75) is 56.7 Å². The Kier molecular flexibility index (Phi) is 7.13. The number of fused-ring (bicyclic) bond motifs is 2. The maximum atomic E-state index is 5.72. The third kappa shape index (κ3) is 4.41. The van der Waals surface area contributed by atoms with Crippen molar-refractivity contribution in [1.29, 1.82) is 0 Å². The minimum atomic E-state index is 0. The number of ether oxygens (including phenoxy) is 2. The van der Waals surface area contributed by atoms with Gasteiger partial charge in [0.05, 0.1) is 0 Å². The van der Waals surface area contributed by atoms with E-state index in [0.717, 1.165) is 55.5 Å². The van der Waals surface area contributed by atoms with E-state index in [1.807, 2.05) is 0 Å². The molecule has 2 aromatic rings. The van der Waals surface area contributed by atoms with Crippen LogP contribution in [0, 0.1) is 0 Å². The van der Waals surface area contributed by atoms with Crippen LogP contribution in [0.1, 0.15) is 43.7 Å². The largest absolute Gasteiger partial charge is 0.454 e. The van der Waals surface area contributed by atoms with Crippen molar-refractivity contribution >= 4 is 29.7 Å². The Morgan fingerprint density at radius 2 is 1.94 bits per heavy atom. The number of thiocarbonyl (C=S) groups is 1. The number of benzene rings is 2. The molecule has 1 aliphatic carbocycles. The molecule has 3 aliphatic rings. The quantitative estimate of drug-likeness (QED) is 0.628. The zero-order valence-electron chi connectivity index (χ0n) is 18.5. The van der Waals surface area contributed by atoms with Gasteiger partial charge in [0.25, 0.3) is 0 Å². The molecule has 3 atom stereocenters. The third-order valence-corrected chi connectivity index (χ3v) is 7.48. The van der Waals surface area contributed by atoms with E-state index in [-0.39, 0.29) is 17.8 Å². The zero-order chi connectivity index (χ0) is 21.3. The summed E-state index contributed by atoms with van der Waals surface area (Å²) < 4.78 is 11.3. The lowest BCUT2D eigenvalue weighted by atomic mass is 9.65. The predicted molar refractivity (Wildman–Crippen MR) is 134 cm³/mol. The normalized spacial score (nSPS) is 26.2. The average molecular weight is 474 g/mol. The fraction of sp³-hybridized carbons (Fsp3) is 0.480. The third-order valence-electron chi connectivity index (χ3n) is 7.22. The maximum Gasteiger partial charge on any atom is 0.231 e. The summed E-state index contributed by atoms with van der Waals surface area (Å²) in [4.78, 5) is 2.68. The highest BCUT2D eigenvalue weighted by atomic mass is 35.5. The molecule has 2 aromatic carbocycles. The Hall–Kier alpha value is -2.02. The van der Waals surface area contributed by atoms with Crippen LogP contribution in [-0.2, 0) is 12.0 Å². The van der Waals surface area contributed by atoms with Crippen molar-refractivity contribution in [2.75, 3.05) is 19.9 Å². The SMILES string of the molecule is CCNC(=S)N[C@H]1CC[C@@]2(c3ccc4c(c3)OCO4)CCN(Cc3ccccc3)[C@H]2C1.Cl. The molecular weight excluding hydrogens is 442 g/mol. The van der Waals surface area contributed by atoms with E-state index in [9.17, 15) is 0 Å². The molecule has 7 heteroatoms. The number of nitrogens with zero attached hydrogens (tertiary/aromatic N) is 1. The van der Waals surface area contributed by atoms with Crippen LogP contribution in [0.2, 0.25) is 0 Å². The molecule has 2 fully saturated rings. The van der Waals surface area contributed by atoms with Gasteiger partial charge in [0.1, 0.15) is 0 Å². The first-order valence-electron chi connectivity index (χ1n) is 11.4. The van der Waals surface area contributed by atoms with Crippen LogP contribution in [-0.4, -0.2) is 42.0 Å². The highest BCUT2D eigenvalue weighted by Crippen LogP contribution is 2.51. The molecule has 32 heavy (non-hydrogen) atoms. The summed E-state index contributed by atoms with van der Waals surface area (Å²) in [5, 5.41) is 7.60. The Bertz CT molecular complexity index is 944. The Morgan fingerprint density at radius 3 is 2.75 bits per heavy atom. The lowest BCUT2D eigenvalue weighted by Crippen LogP contribution is -2.53. The topological polar surface area (TPSA) is 45.8 Å². The summed E-state index contributed by atoms with van der Waals surface area (Å²) in [6.45, 7) is 5.35. The lowest BCUT2D eigenvalue weighted by molar-refractivity contribution is 0.134. The number of halogens is 1. The molecule has 1 saturated heterocycles. The molecule has 0 bridgehead atoms. The van der Waals surface area contributed by atoms with E-state index in [2.05, 4.69) is 71.0 Å². The van der Waals surface area contributed by atoms with Crippen LogP contribution in [0.25, 0.3) is 0 Å². The van der Waals surface area contributed by atoms with Crippen molar-refractivity contribution in [3.8, 4) is 11.5 Å². The number of rotatable bonds is 5. The summed E-state index contributed by atoms with van der Waals surface area (Å²) in [6, 6.07) is 18.3. The van der Waals surface area contributed by atoms with Crippen molar-refractivity contribution in [3.05, 3.63) is 59.7 Å². The Morgan fingerprint density at radius 1 is 1.12 bits per heavy atom. The van der Waals surface area contributed by atoms with Gasteiger partial charge in [-0.05, 0) is 74.6 Å². The molecule has 5 nitrogen and oxygen atoms in total. The molecule has 5 rings (SSSR count). The number of hydrogen-bond acceptors (Lipinski definition) is 4. The molecule has 0 amide bonds. The molecule has 1 saturated carbocycles. The van der Waals surface area contributed by atoms with Crippen molar-refractivity contribution < 1.29 is 9.47 Å². The summed E-state index contributed by atoms with van der Waals surface area (Å²) in [7, 11) is 0. The second-order valence-corrected chi connectivity index (χ2v) is 9.33. The van der Waals surface area contributed by atoms with Crippen LogP contribution in [0.15, 0.2) is 48.5 Å². The van der Waals surface area contributed by atoms with Crippen molar-refractivity contribution in [2.24, 2.45) is 0 Å². The first-order chi connectivity index (χ1) is 15.2. The predicted octanol–water partition coefficient (Wildman–Crippen LogP) is 4.39. The summed E-state index contributed by atoms with van der Waals surface area (Å²) >= 11 is 5.50. The zero-order valence-corrected chi connectivity index (χ0v) is 20.1. The second-order valence-electron chi connectivity index (χ2n) is 8.92. The molecule has 2 heterocycles. The van der Waals surface area contributed by atoms with Crippen LogP contribution in [0.3, 0.4) is 0 Å². The standard InChI is InChI=1S/C25H31N3O2S.ClH/c1-2-26-24(31)27-20-10-11-25(19-8-9-21-22(14-19)30-17-29-21)12-13-28(23(25)15-20)16-18-6-4-3-5-7-18;/h3-9,14,20,23H,2,10-13,15-17H2,1H3,(H2,26,27,31);1H/t20-,23-,25-;/m0./s1. The maximum absolute atomic E-state index is 5.72. The van der Waals surface area contributed by atoms with E-state index in [1.165, 1.54) is 17.5 Å². The van der Waals surface area contributed by atoms with Crippen molar-refractivity contribution in [3.63, 3.8) is 0 Å². The number of likely N-dealkylation sites (tertiary alicyclic amines) is 1. The smallest absolute Gasteiger partial charge is 0.231 e.